The Morgan fingerprint density at radius 3 is 2.61 bits per heavy atom. The van der Waals surface area contributed by atoms with E-state index in [2.05, 4.69) is 20.8 Å². The molecule has 1 aromatic rings. The average molecular weight is 336 g/mol. The number of sulfonamides is 1. The molecule has 1 heterocycles. The average Bonchev–Trinajstić information content (AvgIpc) is 2.68. The fourth-order valence-electron chi connectivity index (χ4n) is 4.63. The van der Waals surface area contributed by atoms with Crippen molar-refractivity contribution in [2.75, 3.05) is 6.54 Å². The lowest BCUT2D eigenvalue weighted by atomic mass is 9.65. The molecule has 0 spiro atoms. The number of carbonyl (C=O) groups is 1. The third-order valence-electron chi connectivity index (χ3n) is 5.09. The number of nitrogens with zero attached hydrogens (tertiary/aromatic N) is 1. The van der Waals surface area contributed by atoms with Crippen LogP contribution >= 0.6 is 0 Å². The number of hydrogen-bond donors (Lipinski definition) is 1. The van der Waals surface area contributed by atoms with Gasteiger partial charge in [0.15, 0.2) is 0 Å². The number of hydrogen-bond acceptors (Lipinski definition) is 3. The number of rotatable bonds is 3. The lowest BCUT2D eigenvalue weighted by Crippen LogP contribution is -2.37. The summed E-state index contributed by atoms with van der Waals surface area (Å²) in [5.74, 6) is -0.615. The second kappa shape index (κ2) is 5.05. The molecule has 3 rings (SSSR count). The molecule has 2 bridgehead atoms. The molecule has 2 atom stereocenters. The molecule has 1 saturated carbocycles. The summed E-state index contributed by atoms with van der Waals surface area (Å²) in [6, 6.07) is 6.06. The van der Waals surface area contributed by atoms with Crippen molar-refractivity contribution < 1.29 is 13.2 Å². The van der Waals surface area contributed by atoms with E-state index >= 15 is 0 Å². The molecule has 2 N–H and O–H groups in total. The van der Waals surface area contributed by atoms with E-state index in [4.69, 9.17) is 5.73 Å². The monoisotopic (exact) mass is 336 g/mol. The number of fused-ring (bicyclic) bond motifs is 2. The Bertz CT molecular complexity index is 757. The zero-order valence-electron chi connectivity index (χ0n) is 13.9. The minimum absolute atomic E-state index is 0.0286. The van der Waals surface area contributed by atoms with Crippen LogP contribution in [0.5, 0.6) is 0 Å². The minimum Gasteiger partial charge on any atom is -0.366 e. The molecule has 1 aliphatic carbocycles. The van der Waals surface area contributed by atoms with Crippen LogP contribution in [-0.2, 0) is 10.0 Å². The first kappa shape index (κ1) is 16.5. The van der Waals surface area contributed by atoms with E-state index in [0.717, 1.165) is 19.3 Å². The van der Waals surface area contributed by atoms with E-state index in [-0.39, 0.29) is 27.3 Å². The number of primary amides is 1. The molecule has 2 aliphatic rings. The third-order valence-corrected chi connectivity index (χ3v) is 6.99. The van der Waals surface area contributed by atoms with Gasteiger partial charge in [0, 0.05) is 18.2 Å². The number of carbonyl (C=O) groups excluding carboxylic acids is 1. The van der Waals surface area contributed by atoms with E-state index in [0.29, 0.717) is 6.54 Å². The molecule has 1 aliphatic heterocycles. The largest absolute Gasteiger partial charge is 0.366 e. The first-order chi connectivity index (χ1) is 10.5. The Labute approximate surface area is 137 Å². The van der Waals surface area contributed by atoms with Crippen LogP contribution in [0.3, 0.4) is 0 Å². The highest BCUT2D eigenvalue weighted by Crippen LogP contribution is 2.53. The van der Waals surface area contributed by atoms with Gasteiger partial charge in [0.25, 0.3) is 0 Å². The standard InChI is InChI=1S/C17H24N2O3S/c1-16(2)8-13-9-17(3,10-16)11-19(13)23(21,22)14-6-4-5-12(7-14)15(18)20/h4-7,13H,8-11H2,1-3H3,(H2,18,20)/t13-,17-/m0/s1. The molecule has 2 fully saturated rings. The second-order valence-electron chi connectivity index (χ2n) is 8.16. The molecule has 1 amide bonds. The summed E-state index contributed by atoms with van der Waals surface area (Å²) in [7, 11) is -3.61. The van der Waals surface area contributed by atoms with E-state index in [1.54, 1.807) is 10.4 Å². The summed E-state index contributed by atoms with van der Waals surface area (Å²) in [4.78, 5) is 11.5. The van der Waals surface area contributed by atoms with Gasteiger partial charge in [0.1, 0.15) is 0 Å². The summed E-state index contributed by atoms with van der Waals surface area (Å²) in [5.41, 5.74) is 5.67. The van der Waals surface area contributed by atoms with Crippen LogP contribution in [0.25, 0.3) is 0 Å². The van der Waals surface area contributed by atoms with Crippen molar-refractivity contribution in [3.63, 3.8) is 0 Å². The van der Waals surface area contributed by atoms with E-state index in [1.807, 2.05) is 0 Å². The predicted octanol–water partition coefficient (Wildman–Crippen LogP) is 2.37. The number of benzene rings is 1. The molecule has 1 aromatic carbocycles. The van der Waals surface area contributed by atoms with Crippen molar-refractivity contribution in [1.82, 2.24) is 4.31 Å². The molecule has 0 unspecified atom stereocenters. The Morgan fingerprint density at radius 1 is 1.26 bits per heavy atom. The topological polar surface area (TPSA) is 80.5 Å². The van der Waals surface area contributed by atoms with Crippen molar-refractivity contribution >= 4 is 15.9 Å². The fourth-order valence-corrected chi connectivity index (χ4v) is 6.45. The highest BCUT2D eigenvalue weighted by molar-refractivity contribution is 7.89. The van der Waals surface area contributed by atoms with Crippen molar-refractivity contribution in [2.24, 2.45) is 16.6 Å². The maximum Gasteiger partial charge on any atom is 0.248 e. The number of amides is 1. The summed E-state index contributed by atoms with van der Waals surface area (Å²) < 4.78 is 27.8. The zero-order chi connectivity index (χ0) is 17.0. The molecule has 0 aromatic heterocycles. The Balaban J connectivity index is 1.98. The van der Waals surface area contributed by atoms with Gasteiger partial charge in [0.2, 0.25) is 15.9 Å². The van der Waals surface area contributed by atoms with Gasteiger partial charge in [-0.2, -0.15) is 4.31 Å². The van der Waals surface area contributed by atoms with Crippen LogP contribution in [0, 0.1) is 10.8 Å². The van der Waals surface area contributed by atoms with Gasteiger partial charge in [-0.25, -0.2) is 8.42 Å². The van der Waals surface area contributed by atoms with Crippen molar-refractivity contribution in [3.8, 4) is 0 Å². The Morgan fingerprint density at radius 2 is 1.96 bits per heavy atom. The van der Waals surface area contributed by atoms with E-state index in [1.165, 1.54) is 18.2 Å². The highest BCUT2D eigenvalue weighted by Gasteiger charge is 2.53. The van der Waals surface area contributed by atoms with E-state index in [9.17, 15) is 13.2 Å². The lowest BCUT2D eigenvalue weighted by molar-refractivity contribution is 0.1000. The molecule has 126 valence electrons. The van der Waals surface area contributed by atoms with Crippen molar-refractivity contribution in [2.45, 2.75) is 51.0 Å². The van der Waals surface area contributed by atoms with Crippen molar-refractivity contribution in [3.05, 3.63) is 29.8 Å². The Hall–Kier alpha value is -1.40. The van der Waals surface area contributed by atoms with E-state index < -0.39 is 15.9 Å². The van der Waals surface area contributed by atoms with Gasteiger partial charge in [-0.3, -0.25) is 4.79 Å². The molecule has 6 heteroatoms. The minimum atomic E-state index is -3.61. The van der Waals surface area contributed by atoms with Gasteiger partial charge in [-0.05, 0) is 48.3 Å². The molecule has 1 saturated heterocycles. The quantitative estimate of drug-likeness (QED) is 0.920. The van der Waals surface area contributed by atoms with Crippen molar-refractivity contribution in [1.29, 1.82) is 0 Å². The predicted molar refractivity (Wildman–Crippen MR) is 88.4 cm³/mol. The normalized spacial score (nSPS) is 30.3. The highest BCUT2D eigenvalue weighted by atomic mass is 32.2. The van der Waals surface area contributed by atoms with Gasteiger partial charge in [-0.15, -0.1) is 0 Å². The number of nitrogens with two attached hydrogens (primary N) is 1. The van der Waals surface area contributed by atoms with Gasteiger partial charge < -0.3 is 5.73 Å². The fraction of sp³-hybridized carbons (Fsp3) is 0.588. The van der Waals surface area contributed by atoms with Gasteiger partial charge >= 0.3 is 0 Å². The summed E-state index contributed by atoms with van der Waals surface area (Å²) in [6.07, 6.45) is 2.81. The summed E-state index contributed by atoms with van der Waals surface area (Å²) >= 11 is 0. The first-order valence-corrected chi connectivity index (χ1v) is 9.38. The smallest absolute Gasteiger partial charge is 0.248 e. The summed E-state index contributed by atoms with van der Waals surface area (Å²) in [6.45, 7) is 7.14. The van der Waals surface area contributed by atoms with Crippen LogP contribution < -0.4 is 5.73 Å². The lowest BCUT2D eigenvalue weighted by Gasteiger charge is -2.39. The molecule has 0 radical (unpaired) electrons. The van der Waals surface area contributed by atoms with Crippen LogP contribution in [0.15, 0.2) is 29.2 Å². The zero-order valence-corrected chi connectivity index (χ0v) is 14.7. The van der Waals surface area contributed by atoms with Crippen LogP contribution in [0.1, 0.15) is 50.4 Å². The second-order valence-corrected chi connectivity index (χ2v) is 10.0. The first-order valence-electron chi connectivity index (χ1n) is 7.94. The molecular formula is C17H24N2O3S. The van der Waals surface area contributed by atoms with Gasteiger partial charge in [-0.1, -0.05) is 26.8 Å². The van der Waals surface area contributed by atoms with Crippen LogP contribution in [0.2, 0.25) is 0 Å². The maximum atomic E-state index is 13.1. The van der Waals surface area contributed by atoms with Crippen LogP contribution in [0.4, 0.5) is 0 Å². The third kappa shape index (κ3) is 2.90. The Kier molecular flexibility index (Phi) is 3.61. The molecular weight excluding hydrogens is 312 g/mol. The van der Waals surface area contributed by atoms with Gasteiger partial charge in [0.05, 0.1) is 4.90 Å². The SMILES string of the molecule is CC1(C)C[C@H]2C[C@](C)(CN2S(=O)(=O)c2cccc(C(N)=O)c2)C1. The summed E-state index contributed by atoms with van der Waals surface area (Å²) in [5, 5.41) is 0. The molecule has 23 heavy (non-hydrogen) atoms. The maximum absolute atomic E-state index is 13.1. The van der Waals surface area contributed by atoms with Crippen LogP contribution in [-0.4, -0.2) is 31.2 Å². The molecule has 5 nitrogen and oxygen atoms in total.